The Morgan fingerprint density at radius 3 is 2.62 bits per heavy atom. The molecule has 0 N–H and O–H groups in total. The smallest absolute Gasteiger partial charge is 0.334 e. The van der Waals surface area contributed by atoms with E-state index in [4.69, 9.17) is 11.6 Å². The number of carbonyl (C=O) groups is 2. The predicted molar refractivity (Wildman–Crippen MR) is 106 cm³/mol. The van der Waals surface area contributed by atoms with Gasteiger partial charge in [-0.15, -0.1) is 0 Å². The summed E-state index contributed by atoms with van der Waals surface area (Å²) < 4.78 is 38.3. The van der Waals surface area contributed by atoms with E-state index in [1.54, 1.807) is 17.0 Å². The van der Waals surface area contributed by atoms with Crippen LogP contribution < -0.4 is 0 Å². The summed E-state index contributed by atoms with van der Waals surface area (Å²) in [6.07, 6.45) is -3.06. The average Bonchev–Trinajstić information content (AvgIpc) is 3.17. The third kappa shape index (κ3) is 4.50. The molecule has 2 amide bonds. The third-order valence-corrected chi connectivity index (χ3v) is 5.65. The van der Waals surface area contributed by atoms with E-state index in [0.29, 0.717) is 30.0 Å². The lowest BCUT2D eigenvalue weighted by atomic mass is 10.0. The van der Waals surface area contributed by atoms with Crippen LogP contribution in [0.3, 0.4) is 0 Å². The zero-order chi connectivity index (χ0) is 21.2. The second-order valence-electron chi connectivity index (χ2n) is 7.19. The molecule has 2 aromatic carbocycles. The first-order valence-corrected chi connectivity index (χ1v) is 9.96. The highest BCUT2D eigenvalue weighted by molar-refractivity contribution is 6.38. The second-order valence-corrected chi connectivity index (χ2v) is 7.57. The van der Waals surface area contributed by atoms with Gasteiger partial charge in [-0.25, -0.2) is 0 Å². The summed E-state index contributed by atoms with van der Waals surface area (Å²) >= 11 is 6.50. The zero-order valence-electron chi connectivity index (χ0n) is 16.0. The fourth-order valence-corrected chi connectivity index (χ4v) is 4.01. The van der Waals surface area contributed by atoms with E-state index in [1.165, 1.54) is 0 Å². The predicted octanol–water partition coefficient (Wildman–Crippen LogP) is 4.90. The molecule has 29 heavy (non-hydrogen) atoms. The lowest BCUT2D eigenvalue weighted by molar-refractivity contribution is -0.184. The van der Waals surface area contributed by atoms with E-state index >= 15 is 0 Å². The maximum absolute atomic E-state index is 13.3. The molecule has 1 aliphatic rings. The number of alkyl halides is 3. The number of nitrogens with zero attached hydrogens (tertiary/aromatic N) is 2. The molecule has 4 nitrogen and oxygen atoms in total. The fraction of sp³-hybridized carbons (Fsp3) is 0.429. The Bertz CT molecular complexity index is 916. The van der Waals surface area contributed by atoms with Crippen LogP contribution in [-0.2, 0) is 4.79 Å². The normalized spacial score (nSPS) is 17.0. The van der Waals surface area contributed by atoms with Crippen molar-refractivity contribution in [2.45, 2.75) is 38.4 Å². The molecule has 2 aromatic rings. The van der Waals surface area contributed by atoms with Crippen molar-refractivity contribution in [3.05, 3.63) is 47.0 Å². The molecule has 1 atom stereocenters. The van der Waals surface area contributed by atoms with Crippen molar-refractivity contribution in [2.24, 2.45) is 0 Å². The molecular weight excluding hydrogens is 405 g/mol. The monoisotopic (exact) mass is 426 g/mol. The van der Waals surface area contributed by atoms with Crippen LogP contribution in [-0.4, -0.2) is 53.5 Å². The Kier molecular flexibility index (Phi) is 6.36. The quantitative estimate of drug-likeness (QED) is 0.682. The molecule has 0 radical (unpaired) electrons. The molecule has 0 aromatic heterocycles. The van der Waals surface area contributed by atoms with E-state index in [9.17, 15) is 22.8 Å². The molecule has 1 fully saturated rings. The Labute approximate surface area is 172 Å². The van der Waals surface area contributed by atoms with Gasteiger partial charge in [0, 0.05) is 25.0 Å². The molecular formula is C21H22ClF3N2O2. The standard InChI is InChI=1S/C21H22ClF3N2O2/c1-2-3-11-27(15-10-12-26(13-15)20(29)21(23,24)25)19(28)17-9-8-14-6-4-5-7-16(14)18(17)22/h4-9,15H,2-3,10-13H2,1H3. The first-order valence-electron chi connectivity index (χ1n) is 9.58. The molecule has 0 saturated carbocycles. The van der Waals surface area contributed by atoms with Crippen LogP contribution in [0.15, 0.2) is 36.4 Å². The van der Waals surface area contributed by atoms with Crippen molar-refractivity contribution in [1.29, 1.82) is 0 Å². The maximum Gasteiger partial charge on any atom is 0.471 e. The number of likely N-dealkylation sites (tertiary alicyclic amines) is 1. The second kappa shape index (κ2) is 8.61. The number of carbonyl (C=O) groups excluding carboxylic acids is 2. The molecule has 0 bridgehead atoms. The summed E-state index contributed by atoms with van der Waals surface area (Å²) in [6.45, 7) is 2.22. The van der Waals surface area contributed by atoms with Crippen molar-refractivity contribution in [3.8, 4) is 0 Å². The Balaban J connectivity index is 1.87. The van der Waals surface area contributed by atoms with E-state index in [2.05, 4.69) is 0 Å². The highest BCUT2D eigenvalue weighted by Crippen LogP contribution is 2.30. The number of amides is 2. The number of halogens is 4. The van der Waals surface area contributed by atoms with Crippen LogP contribution in [0.25, 0.3) is 10.8 Å². The van der Waals surface area contributed by atoms with E-state index in [1.807, 2.05) is 31.2 Å². The number of rotatable bonds is 5. The number of benzene rings is 2. The largest absolute Gasteiger partial charge is 0.471 e. The van der Waals surface area contributed by atoms with Crippen molar-refractivity contribution in [2.75, 3.05) is 19.6 Å². The summed E-state index contributed by atoms with van der Waals surface area (Å²) in [6, 6.07) is 10.4. The number of hydrogen-bond acceptors (Lipinski definition) is 2. The Morgan fingerprint density at radius 1 is 1.21 bits per heavy atom. The van der Waals surface area contributed by atoms with Gasteiger partial charge in [0.25, 0.3) is 5.91 Å². The van der Waals surface area contributed by atoms with E-state index < -0.39 is 18.1 Å². The lowest BCUT2D eigenvalue weighted by Crippen LogP contribution is -2.45. The van der Waals surface area contributed by atoms with Gasteiger partial charge in [-0.05, 0) is 24.3 Å². The van der Waals surface area contributed by atoms with Crippen LogP contribution in [0.5, 0.6) is 0 Å². The van der Waals surface area contributed by atoms with Crippen LogP contribution >= 0.6 is 11.6 Å². The average molecular weight is 427 g/mol. The van der Waals surface area contributed by atoms with Gasteiger partial charge in [0.15, 0.2) is 0 Å². The van der Waals surface area contributed by atoms with Crippen LogP contribution in [0.1, 0.15) is 36.5 Å². The van der Waals surface area contributed by atoms with Crippen LogP contribution in [0.4, 0.5) is 13.2 Å². The molecule has 1 unspecified atom stereocenters. The Morgan fingerprint density at radius 2 is 1.93 bits per heavy atom. The summed E-state index contributed by atoms with van der Waals surface area (Å²) in [5.74, 6) is -2.17. The molecule has 1 saturated heterocycles. The van der Waals surface area contributed by atoms with Crippen molar-refractivity contribution >= 4 is 34.2 Å². The summed E-state index contributed by atoms with van der Waals surface area (Å²) in [4.78, 5) is 27.2. The number of fused-ring (bicyclic) bond motifs is 1. The molecule has 0 aliphatic carbocycles. The van der Waals surface area contributed by atoms with Crippen molar-refractivity contribution in [3.63, 3.8) is 0 Å². The highest BCUT2D eigenvalue weighted by Gasteiger charge is 2.45. The SMILES string of the molecule is CCCCN(C(=O)c1ccc2ccccc2c1Cl)C1CCN(C(=O)C(F)(F)F)C1. The first-order chi connectivity index (χ1) is 13.7. The summed E-state index contributed by atoms with van der Waals surface area (Å²) in [5.41, 5.74) is 0.321. The lowest BCUT2D eigenvalue weighted by Gasteiger charge is -2.30. The van der Waals surface area contributed by atoms with Gasteiger partial charge in [-0.1, -0.05) is 55.3 Å². The number of unbranched alkanes of at least 4 members (excludes halogenated alkanes) is 1. The van der Waals surface area contributed by atoms with Crippen molar-refractivity contribution in [1.82, 2.24) is 9.80 Å². The minimum Gasteiger partial charge on any atom is -0.334 e. The van der Waals surface area contributed by atoms with E-state index in [-0.39, 0.29) is 19.0 Å². The molecule has 1 aliphatic heterocycles. The van der Waals surface area contributed by atoms with Gasteiger partial charge in [-0.2, -0.15) is 13.2 Å². The fourth-order valence-electron chi connectivity index (χ4n) is 3.69. The molecule has 3 rings (SSSR count). The topological polar surface area (TPSA) is 40.6 Å². The van der Waals surface area contributed by atoms with E-state index in [0.717, 1.165) is 22.1 Å². The van der Waals surface area contributed by atoms with Crippen LogP contribution in [0, 0.1) is 0 Å². The van der Waals surface area contributed by atoms with Gasteiger partial charge >= 0.3 is 12.1 Å². The summed E-state index contributed by atoms with van der Waals surface area (Å²) in [5, 5.41) is 1.98. The minimum absolute atomic E-state index is 0.0234. The maximum atomic E-state index is 13.3. The van der Waals surface area contributed by atoms with Crippen LogP contribution in [0.2, 0.25) is 5.02 Å². The molecule has 8 heteroatoms. The molecule has 1 heterocycles. The summed E-state index contributed by atoms with van der Waals surface area (Å²) in [7, 11) is 0. The van der Waals surface area contributed by atoms with Gasteiger partial charge in [0.1, 0.15) is 0 Å². The zero-order valence-corrected chi connectivity index (χ0v) is 16.8. The highest BCUT2D eigenvalue weighted by atomic mass is 35.5. The van der Waals surface area contributed by atoms with Gasteiger partial charge in [-0.3, -0.25) is 9.59 Å². The Hall–Kier alpha value is -2.28. The van der Waals surface area contributed by atoms with Crippen molar-refractivity contribution < 1.29 is 22.8 Å². The number of hydrogen-bond donors (Lipinski definition) is 0. The van der Waals surface area contributed by atoms with Gasteiger partial charge in [0.2, 0.25) is 0 Å². The first kappa shape index (κ1) is 21.4. The van der Waals surface area contributed by atoms with Gasteiger partial charge < -0.3 is 9.80 Å². The third-order valence-electron chi connectivity index (χ3n) is 5.24. The van der Waals surface area contributed by atoms with Gasteiger partial charge in [0.05, 0.1) is 16.6 Å². The molecule has 156 valence electrons. The molecule has 0 spiro atoms. The minimum atomic E-state index is -4.91.